The fourth-order valence-corrected chi connectivity index (χ4v) is 2.81. The van der Waals surface area contributed by atoms with Crippen LogP contribution in [0.15, 0.2) is 18.2 Å². The second-order valence-electron chi connectivity index (χ2n) is 5.24. The lowest BCUT2D eigenvalue weighted by Gasteiger charge is -2.39. The molecule has 3 heteroatoms. The highest BCUT2D eigenvalue weighted by atomic mass is 16.3. The van der Waals surface area contributed by atoms with Crippen LogP contribution in [0.3, 0.4) is 0 Å². The predicted octanol–water partition coefficient (Wildman–Crippen LogP) is 1.83. The monoisotopic (exact) mass is 235 g/mol. The molecule has 0 unspecified atom stereocenters. The molecule has 0 aromatic heterocycles. The molecule has 1 aliphatic carbocycles. The average molecular weight is 235 g/mol. The van der Waals surface area contributed by atoms with Crippen molar-refractivity contribution in [1.82, 2.24) is 0 Å². The van der Waals surface area contributed by atoms with Crippen LogP contribution in [0.25, 0.3) is 0 Å². The van der Waals surface area contributed by atoms with Crippen molar-refractivity contribution in [3.63, 3.8) is 0 Å². The molecule has 0 bridgehead atoms. The Labute approximate surface area is 102 Å². The van der Waals surface area contributed by atoms with E-state index in [0.29, 0.717) is 12.3 Å². The van der Waals surface area contributed by atoms with E-state index >= 15 is 0 Å². The number of aliphatic hydroxyl groups excluding tert-OH is 1. The number of rotatable bonds is 2. The lowest BCUT2D eigenvalue weighted by molar-refractivity contribution is 0.0966. The molecule has 0 saturated heterocycles. The van der Waals surface area contributed by atoms with Crippen molar-refractivity contribution in [1.29, 1.82) is 0 Å². The van der Waals surface area contributed by atoms with Crippen molar-refractivity contribution in [3.05, 3.63) is 29.3 Å². The Morgan fingerprint density at radius 2 is 2.00 bits per heavy atom. The molecule has 1 saturated carbocycles. The van der Waals surface area contributed by atoms with Gasteiger partial charge in [0.15, 0.2) is 0 Å². The fraction of sp³-hybridized carbons (Fsp3) is 0.571. The third-order valence-corrected chi connectivity index (χ3v) is 4.03. The largest absolute Gasteiger partial charge is 0.508 e. The minimum atomic E-state index is -0.207. The van der Waals surface area contributed by atoms with Crippen LogP contribution in [0.5, 0.6) is 5.75 Å². The maximum Gasteiger partial charge on any atom is 0.119 e. The third kappa shape index (κ3) is 2.31. The summed E-state index contributed by atoms with van der Waals surface area (Å²) in [6.07, 6.45) is 3.03. The van der Waals surface area contributed by atoms with Crippen LogP contribution >= 0.6 is 0 Å². The molecule has 0 atom stereocenters. The Balaban J connectivity index is 2.37. The molecule has 0 aliphatic heterocycles. The summed E-state index contributed by atoms with van der Waals surface area (Å²) in [4.78, 5) is 0. The lowest BCUT2D eigenvalue weighted by Crippen LogP contribution is -2.40. The van der Waals surface area contributed by atoms with Gasteiger partial charge in [-0.15, -0.1) is 0 Å². The summed E-state index contributed by atoms with van der Waals surface area (Å²) in [7, 11) is 0. The molecular weight excluding hydrogens is 214 g/mol. The van der Waals surface area contributed by atoms with E-state index in [1.165, 1.54) is 0 Å². The molecule has 1 aromatic rings. The lowest BCUT2D eigenvalue weighted by atomic mass is 9.68. The zero-order chi connectivity index (χ0) is 12.5. The number of aryl methyl sites for hydroxylation is 1. The quantitative estimate of drug-likeness (QED) is 0.732. The molecule has 2 rings (SSSR count). The summed E-state index contributed by atoms with van der Waals surface area (Å²) in [6, 6.07) is 5.67. The summed E-state index contributed by atoms with van der Waals surface area (Å²) in [5.41, 5.74) is 7.87. The highest BCUT2D eigenvalue weighted by Gasteiger charge is 2.37. The number of aromatic hydroxyl groups is 1. The van der Waals surface area contributed by atoms with Gasteiger partial charge in [-0.05, 0) is 38.7 Å². The number of hydrogen-bond donors (Lipinski definition) is 3. The summed E-state index contributed by atoms with van der Waals surface area (Å²) in [6.45, 7) is 2.54. The zero-order valence-electron chi connectivity index (χ0n) is 10.3. The Morgan fingerprint density at radius 3 is 2.59 bits per heavy atom. The maximum atomic E-state index is 10.0. The maximum absolute atomic E-state index is 10.0. The zero-order valence-corrected chi connectivity index (χ0v) is 10.3. The third-order valence-electron chi connectivity index (χ3n) is 4.03. The number of phenols is 1. The molecule has 94 valence electrons. The van der Waals surface area contributed by atoms with Crippen molar-refractivity contribution in [3.8, 4) is 5.75 Å². The van der Waals surface area contributed by atoms with Crippen molar-refractivity contribution in [2.45, 2.75) is 44.1 Å². The standard InChI is InChI=1S/C14H21NO2/c1-10-2-3-13(17)12(8-10)14(9-15)6-4-11(16)5-7-14/h2-3,8,11,16-17H,4-7,9,15H2,1H3. The van der Waals surface area contributed by atoms with Gasteiger partial charge in [-0.2, -0.15) is 0 Å². The van der Waals surface area contributed by atoms with Crippen LogP contribution in [0.2, 0.25) is 0 Å². The molecule has 3 nitrogen and oxygen atoms in total. The Morgan fingerprint density at radius 1 is 1.35 bits per heavy atom. The number of hydrogen-bond acceptors (Lipinski definition) is 3. The van der Waals surface area contributed by atoms with E-state index in [9.17, 15) is 10.2 Å². The van der Waals surface area contributed by atoms with Gasteiger partial charge in [0.1, 0.15) is 5.75 Å². The predicted molar refractivity (Wildman–Crippen MR) is 68.1 cm³/mol. The van der Waals surface area contributed by atoms with E-state index in [0.717, 1.165) is 36.8 Å². The minimum absolute atomic E-state index is 0.157. The van der Waals surface area contributed by atoms with Gasteiger partial charge in [0.2, 0.25) is 0 Å². The summed E-state index contributed by atoms with van der Waals surface area (Å²) < 4.78 is 0. The van der Waals surface area contributed by atoms with Gasteiger partial charge in [0.25, 0.3) is 0 Å². The van der Waals surface area contributed by atoms with E-state index in [4.69, 9.17) is 5.73 Å². The molecule has 0 radical (unpaired) electrons. The number of aliphatic hydroxyl groups is 1. The molecule has 0 amide bonds. The van der Waals surface area contributed by atoms with Gasteiger partial charge < -0.3 is 15.9 Å². The molecule has 1 aliphatic rings. The first-order valence-corrected chi connectivity index (χ1v) is 6.26. The molecular formula is C14H21NO2. The van der Waals surface area contributed by atoms with Crippen LogP contribution in [0.1, 0.15) is 36.8 Å². The first-order valence-electron chi connectivity index (χ1n) is 6.26. The second kappa shape index (κ2) is 4.67. The Bertz CT molecular complexity index is 395. The Kier molecular flexibility index (Phi) is 3.40. The molecule has 4 N–H and O–H groups in total. The van der Waals surface area contributed by atoms with Gasteiger partial charge >= 0.3 is 0 Å². The first-order chi connectivity index (χ1) is 8.07. The molecule has 1 fully saturated rings. The molecule has 1 aromatic carbocycles. The summed E-state index contributed by atoms with van der Waals surface area (Å²) in [5, 5.41) is 19.6. The van der Waals surface area contributed by atoms with Gasteiger partial charge in [-0.3, -0.25) is 0 Å². The van der Waals surface area contributed by atoms with Gasteiger partial charge in [-0.1, -0.05) is 17.7 Å². The second-order valence-corrected chi connectivity index (χ2v) is 5.24. The van der Waals surface area contributed by atoms with E-state index in [1.807, 2.05) is 19.1 Å². The van der Waals surface area contributed by atoms with E-state index < -0.39 is 0 Å². The van der Waals surface area contributed by atoms with Crippen molar-refractivity contribution in [2.75, 3.05) is 6.54 Å². The number of nitrogens with two attached hydrogens (primary N) is 1. The number of benzene rings is 1. The highest BCUT2D eigenvalue weighted by Crippen LogP contribution is 2.42. The van der Waals surface area contributed by atoms with Gasteiger partial charge in [0.05, 0.1) is 6.10 Å². The highest BCUT2D eigenvalue weighted by molar-refractivity contribution is 5.42. The SMILES string of the molecule is Cc1ccc(O)c(C2(CN)CCC(O)CC2)c1. The van der Waals surface area contributed by atoms with Crippen molar-refractivity contribution < 1.29 is 10.2 Å². The smallest absolute Gasteiger partial charge is 0.119 e. The van der Waals surface area contributed by atoms with Gasteiger partial charge in [0, 0.05) is 17.5 Å². The van der Waals surface area contributed by atoms with Crippen LogP contribution in [0, 0.1) is 6.92 Å². The van der Waals surface area contributed by atoms with Crippen LogP contribution in [0.4, 0.5) is 0 Å². The Hall–Kier alpha value is -1.06. The van der Waals surface area contributed by atoms with Crippen LogP contribution < -0.4 is 5.73 Å². The minimum Gasteiger partial charge on any atom is -0.508 e. The van der Waals surface area contributed by atoms with E-state index in [1.54, 1.807) is 6.07 Å². The van der Waals surface area contributed by atoms with E-state index in [2.05, 4.69) is 0 Å². The number of phenolic OH excluding ortho intramolecular Hbond substituents is 1. The summed E-state index contributed by atoms with van der Waals surface area (Å²) in [5.74, 6) is 0.331. The first kappa shape index (κ1) is 12.4. The fourth-order valence-electron chi connectivity index (χ4n) is 2.81. The normalized spacial score (nSPS) is 29.2. The molecule has 17 heavy (non-hydrogen) atoms. The molecule has 0 heterocycles. The topological polar surface area (TPSA) is 66.5 Å². The van der Waals surface area contributed by atoms with Crippen LogP contribution in [-0.2, 0) is 5.41 Å². The van der Waals surface area contributed by atoms with Crippen LogP contribution in [-0.4, -0.2) is 22.9 Å². The summed E-state index contributed by atoms with van der Waals surface area (Å²) >= 11 is 0. The average Bonchev–Trinajstić information content (AvgIpc) is 2.34. The molecule has 0 spiro atoms. The van der Waals surface area contributed by atoms with Gasteiger partial charge in [-0.25, -0.2) is 0 Å². The van der Waals surface area contributed by atoms with E-state index in [-0.39, 0.29) is 11.5 Å². The van der Waals surface area contributed by atoms with Crippen molar-refractivity contribution in [2.24, 2.45) is 5.73 Å². The van der Waals surface area contributed by atoms with Crippen molar-refractivity contribution >= 4 is 0 Å².